The number of aromatic nitrogens is 1. The van der Waals surface area contributed by atoms with Gasteiger partial charge in [-0.1, -0.05) is 11.6 Å². The molecular weight excluding hydrogens is 495 g/mol. The Bertz CT molecular complexity index is 1460. The topological polar surface area (TPSA) is 70.8 Å². The molecule has 2 aliphatic rings. The van der Waals surface area contributed by atoms with Gasteiger partial charge in [0.2, 0.25) is 5.89 Å². The van der Waals surface area contributed by atoms with Gasteiger partial charge in [0.25, 0.3) is 5.91 Å². The highest BCUT2D eigenvalue weighted by molar-refractivity contribution is 5.94. The molecule has 1 amide bonds. The molecule has 1 aromatic heterocycles. The van der Waals surface area contributed by atoms with E-state index in [9.17, 15) is 9.18 Å². The summed E-state index contributed by atoms with van der Waals surface area (Å²) in [6.07, 6.45) is 0.880. The molecule has 0 aliphatic carbocycles. The van der Waals surface area contributed by atoms with Gasteiger partial charge in [-0.25, -0.2) is 9.37 Å². The summed E-state index contributed by atoms with van der Waals surface area (Å²) in [6.45, 7) is 7.69. The molecule has 4 aromatic rings. The molecule has 200 valence electrons. The first kappa shape index (κ1) is 25.1. The quantitative estimate of drug-likeness (QED) is 0.330. The molecule has 39 heavy (non-hydrogen) atoms. The molecule has 8 heteroatoms. The average Bonchev–Trinajstić information content (AvgIpc) is 3.41. The molecule has 0 unspecified atom stereocenters. The molecule has 7 nitrogen and oxygen atoms in total. The number of oxazole rings is 1. The van der Waals surface area contributed by atoms with Gasteiger partial charge in [0.1, 0.15) is 23.9 Å². The van der Waals surface area contributed by atoms with Crippen LogP contribution in [0.1, 0.15) is 28.0 Å². The van der Waals surface area contributed by atoms with Crippen molar-refractivity contribution in [2.75, 3.05) is 44.2 Å². The minimum atomic E-state index is -0.208. The van der Waals surface area contributed by atoms with Gasteiger partial charge in [-0.05, 0) is 80.6 Å². The third-order valence-corrected chi connectivity index (χ3v) is 7.34. The number of fused-ring (bicyclic) bond motifs is 3. The highest BCUT2D eigenvalue weighted by atomic mass is 19.1. The molecule has 2 aliphatic heterocycles. The van der Waals surface area contributed by atoms with Crippen LogP contribution in [0.2, 0.25) is 0 Å². The maximum absolute atomic E-state index is 13.2. The van der Waals surface area contributed by atoms with Crippen LogP contribution in [0.25, 0.3) is 22.8 Å². The molecule has 0 atom stereocenters. The SMILES string of the molecule is Cc1ccc2c(c1)-c1oc(-c3ccc(C(=O)NCCCN4CCN(c5ccc(F)cc5)CC4)cc3)nc1CO2. The second kappa shape index (κ2) is 10.9. The van der Waals surface area contributed by atoms with Gasteiger partial charge < -0.3 is 19.4 Å². The van der Waals surface area contributed by atoms with Crippen LogP contribution in [0.5, 0.6) is 5.75 Å². The lowest BCUT2D eigenvalue weighted by Gasteiger charge is -2.36. The zero-order chi connectivity index (χ0) is 26.8. The molecule has 6 rings (SSSR count). The number of anilines is 1. The Morgan fingerprint density at radius 2 is 1.77 bits per heavy atom. The third-order valence-electron chi connectivity index (χ3n) is 7.34. The minimum absolute atomic E-state index is 0.0906. The van der Waals surface area contributed by atoms with Gasteiger partial charge in [0.05, 0.1) is 5.56 Å². The first-order valence-corrected chi connectivity index (χ1v) is 13.4. The number of ether oxygens (including phenoxy) is 1. The van der Waals surface area contributed by atoms with Crippen LogP contribution in [-0.2, 0) is 6.61 Å². The predicted octanol–water partition coefficient (Wildman–Crippen LogP) is 5.29. The molecule has 0 saturated carbocycles. The Morgan fingerprint density at radius 1 is 1.00 bits per heavy atom. The third kappa shape index (κ3) is 5.52. The van der Waals surface area contributed by atoms with Crippen LogP contribution < -0.4 is 15.0 Å². The molecule has 3 aromatic carbocycles. The average molecular weight is 527 g/mol. The Morgan fingerprint density at radius 3 is 2.54 bits per heavy atom. The summed E-state index contributed by atoms with van der Waals surface area (Å²) in [5, 5.41) is 3.03. The number of hydrogen-bond donors (Lipinski definition) is 1. The maximum atomic E-state index is 13.2. The number of piperazine rings is 1. The molecule has 1 fully saturated rings. The van der Waals surface area contributed by atoms with E-state index >= 15 is 0 Å². The van der Waals surface area contributed by atoms with Gasteiger partial charge >= 0.3 is 0 Å². The maximum Gasteiger partial charge on any atom is 0.251 e. The van der Waals surface area contributed by atoms with E-state index in [0.717, 1.165) is 78.7 Å². The lowest BCUT2D eigenvalue weighted by molar-refractivity contribution is 0.0951. The van der Waals surface area contributed by atoms with Crippen LogP contribution in [0, 0.1) is 12.7 Å². The molecule has 0 bridgehead atoms. The normalized spacial score (nSPS) is 14.9. The Hall–Kier alpha value is -4.17. The first-order valence-electron chi connectivity index (χ1n) is 13.4. The van der Waals surface area contributed by atoms with Crippen molar-refractivity contribution in [2.24, 2.45) is 0 Å². The lowest BCUT2D eigenvalue weighted by atomic mass is 10.1. The molecule has 1 saturated heterocycles. The number of nitrogens with one attached hydrogen (secondary N) is 1. The van der Waals surface area contributed by atoms with Crippen LogP contribution in [-0.4, -0.2) is 55.1 Å². The van der Waals surface area contributed by atoms with Crippen molar-refractivity contribution in [3.05, 3.63) is 89.4 Å². The Balaban J connectivity index is 0.979. The van der Waals surface area contributed by atoms with Crippen LogP contribution >= 0.6 is 0 Å². The van der Waals surface area contributed by atoms with Crippen molar-refractivity contribution >= 4 is 11.6 Å². The predicted molar refractivity (Wildman–Crippen MR) is 148 cm³/mol. The van der Waals surface area contributed by atoms with Crippen molar-refractivity contribution < 1.29 is 18.3 Å². The Kier molecular flexibility index (Phi) is 7.02. The van der Waals surface area contributed by atoms with E-state index in [2.05, 4.69) is 20.1 Å². The van der Waals surface area contributed by atoms with Crippen molar-refractivity contribution in [2.45, 2.75) is 20.0 Å². The van der Waals surface area contributed by atoms with Gasteiger partial charge in [-0.3, -0.25) is 9.69 Å². The van der Waals surface area contributed by atoms with E-state index in [4.69, 9.17) is 9.15 Å². The summed E-state index contributed by atoms with van der Waals surface area (Å²) in [5.41, 5.74) is 5.30. The second-order valence-electron chi connectivity index (χ2n) is 10.1. The second-order valence-corrected chi connectivity index (χ2v) is 10.1. The smallest absolute Gasteiger partial charge is 0.251 e. The lowest BCUT2D eigenvalue weighted by Crippen LogP contribution is -2.47. The standard InChI is InChI=1S/C31H31FN4O3/c1-21-3-12-28-26(19-21)29-27(20-38-28)34-31(39-29)23-6-4-22(5-7-23)30(37)33-13-2-14-35-15-17-36(18-16-35)25-10-8-24(32)9-11-25/h3-12,19H,2,13-18,20H2,1H3,(H,33,37). The fraction of sp³-hybridized carbons (Fsp3) is 0.290. The van der Waals surface area contributed by atoms with Gasteiger partial charge in [0.15, 0.2) is 5.76 Å². The first-order chi connectivity index (χ1) is 19.0. The van der Waals surface area contributed by atoms with Crippen molar-refractivity contribution in [3.8, 4) is 28.5 Å². The van der Waals surface area contributed by atoms with Crippen molar-refractivity contribution in [1.82, 2.24) is 15.2 Å². The van der Waals surface area contributed by atoms with E-state index in [1.165, 1.54) is 12.1 Å². The largest absolute Gasteiger partial charge is 0.486 e. The molecule has 3 heterocycles. The molecular formula is C31H31FN4O3. The number of halogens is 1. The summed E-state index contributed by atoms with van der Waals surface area (Å²) in [4.78, 5) is 22.0. The number of carbonyl (C=O) groups excluding carboxylic acids is 1. The number of rotatable bonds is 7. The van der Waals surface area contributed by atoms with E-state index in [1.54, 1.807) is 12.1 Å². The fourth-order valence-electron chi connectivity index (χ4n) is 5.13. The number of benzene rings is 3. The van der Waals surface area contributed by atoms with Gasteiger partial charge in [-0.15, -0.1) is 0 Å². The number of aryl methyl sites for hydroxylation is 1. The molecule has 0 radical (unpaired) electrons. The van der Waals surface area contributed by atoms with Crippen LogP contribution in [0.15, 0.2) is 71.1 Å². The van der Waals surface area contributed by atoms with E-state index in [-0.39, 0.29) is 11.7 Å². The number of nitrogens with zero attached hydrogens (tertiary/aromatic N) is 3. The molecule has 0 spiro atoms. The van der Waals surface area contributed by atoms with Gasteiger partial charge in [0, 0.05) is 49.5 Å². The van der Waals surface area contributed by atoms with E-state index in [0.29, 0.717) is 24.6 Å². The summed E-state index contributed by atoms with van der Waals surface area (Å²) >= 11 is 0. The highest BCUT2D eigenvalue weighted by Crippen LogP contribution is 2.40. The van der Waals surface area contributed by atoms with Crippen molar-refractivity contribution in [3.63, 3.8) is 0 Å². The van der Waals surface area contributed by atoms with Crippen molar-refractivity contribution in [1.29, 1.82) is 0 Å². The van der Waals surface area contributed by atoms with Crippen LogP contribution in [0.3, 0.4) is 0 Å². The van der Waals surface area contributed by atoms with Crippen LogP contribution in [0.4, 0.5) is 10.1 Å². The minimum Gasteiger partial charge on any atom is -0.486 e. The molecule has 1 N–H and O–H groups in total. The monoisotopic (exact) mass is 526 g/mol. The fourth-order valence-corrected chi connectivity index (χ4v) is 5.13. The summed E-state index contributed by atoms with van der Waals surface area (Å²) in [6, 6.07) is 20.0. The number of carbonyl (C=O) groups is 1. The zero-order valence-corrected chi connectivity index (χ0v) is 22.0. The zero-order valence-electron chi connectivity index (χ0n) is 22.0. The van der Waals surface area contributed by atoms with E-state index in [1.807, 2.05) is 49.4 Å². The number of amides is 1. The Labute approximate surface area is 227 Å². The summed E-state index contributed by atoms with van der Waals surface area (Å²) in [5.74, 6) is 1.76. The summed E-state index contributed by atoms with van der Waals surface area (Å²) < 4.78 is 25.1. The van der Waals surface area contributed by atoms with Gasteiger partial charge in [-0.2, -0.15) is 0 Å². The number of hydrogen-bond acceptors (Lipinski definition) is 6. The highest BCUT2D eigenvalue weighted by Gasteiger charge is 2.24. The summed E-state index contributed by atoms with van der Waals surface area (Å²) in [7, 11) is 0. The van der Waals surface area contributed by atoms with E-state index < -0.39 is 0 Å².